The summed E-state index contributed by atoms with van der Waals surface area (Å²) in [5, 5.41) is 9.34. The molecule has 2 aromatic heterocycles. The second-order valence-corrected chi connectivity index (χ2v) is 2.77. The quantitative estimate of drug-likeness (QED) is 0.665. The number of carbonyl (C=O) groups is 1. The van der Waals surface area contributed by atoms with Crippen LogP contribution in [-0.2, 0) is 0 Å². The topological polar surface area (TPSA) is 54.6 Å². The molecule has 13 heavy (non-hydrogen) atoms. The zero-order chi connectivity index (χ0) is 9.42. The van der Waals surface area contributed by atoms with E-state index in [9.17, 15) is 9.90 Å². The highest BCUT2D eigenvalue weighted by molar-refractivity contribution is 5.99. The van der Waals surface area contributed by atoms with Gasteiger partial charge in [-0.05, 0) is 12.1 Å². The van der Waals surface area contributed by atoms with Crippen molar-refractivity contribution in [2.75, 3.05) is 0 Å². The highest BCUT2D eigenvalue weighted by Crippen LogP contribution is 2.16. The van der Waals surface area contributed by atoms with Crippen LogP contribution >= 0.6 is 0 Å². The second-order valence-electron chi connectivity index (χ2n) is 2.77. The van der Waals surface area contributed by atoms with Crippen LogP contribution in [0.3, 0.4) is 0 Å². The van der Waals surface area contributed by atoms with Crippen LogP contribution in [0, 0.1) is 0 Å². The van der Waals surface area contributed by atoms with Crippen molar-refractivity contribution >= 4 is 11.3 Å². The Balaban J connectivity index is 2.85. The van der Waals surface area contributed by atoms with Crippen LogP contribution in [-0.4, -0.2) is 20.3 Å². The maximum Gasteiger partial charge on any atom is 0.299 e. The van der Waals surface area contributed by atoms with E-state index in [4.69, 9.17) is 0 Å². The lowest BCUT2D eigenvalue weighted by Gasteiger charge is -1.92. The maximum atomic E-state index is 11.1. The first-order valence-corrected chi connectivity index (χ1v) is 3.87. The molecule has 4 nitrogen and oxygen atoms in total. The van der Waals surface area contributed by atoms with Crippen molar-refractivity contribution in [1.82, 2.24) is 9.38 Å². The Morgan fingerprint density at radius 1 is 1.54 bits per heavy atom. The van der Waals surface area contributed by atoms with Crippen molar-refractivity contribution in [1.29, 1.82) is 0 Å². The molecular weight excluding hydrogens is 168 g/mol. The largest absolute Gasteiger partial charge is 0.480 e. The van der Waals surface area contributed by atoms with Gasteiger partial charge in [-0.15, -0.1) is 0 Å². The lowest BCUT2D eigenvalue weighted by molar-refractivity contribution is 0.101. The first-order chi connectivity index (χ1) is 6.20. The van der Waals surface area contributed by atoms with Crippen LogP contribution < -0.4 is 0 Å². The monoisotopic (exact) mass is 176 g/mol. The minimum Gasteiger partial charge on any atom is -0.480 e. The fraction of sp³-hybridized carbons (Fsp3) is 0.111. The van der Waals surface area contributed by atoms with Crippen molar-refractivity contribution in [2.24, 2.45) is 0 Å². The van der Waals surface area contributed by atoms with Crippen LogP contribution in [0.15, 0.2) is 24.4 Å². The molecule has 0 radical (unpaired) electrons. The highest BCUT2D eigenvalue weighted by Gasteiger charge is 2.12. The highest BCUT2D eigenvalue weighted by atomic mass is 16.3. The van der Waals surface area contributed by atoms with Crippen molar-refractivity contribution in [3.63, 3.8) is 0 Å². The number of imidazole rings is 1. The molecule has 2 rings (SSSR count). The average molecular weight is 176 g/mol. The molecule has 0 unspecified atom stereocenters. The number of hydrogen-bond donors (Lipinski definition) is 1. The zero-order valence-electron chi connectivity index (χ0n) is 7.06. The Morgan fingerprint density at radius 3 is 3.00 bits per heavy atom. The van der Waals surface area contributed by atoms with Crippen molar-refractivity contribution < 1.29 is 9.90 Å². The summed E-state index contributed by atoms with van der Waals surface area (Å²) in [7, 11) is 0. The molecule has 0 fully saturated rings. The molecule has 0 aromatic carbocycles. The average Bonchev–Trinajstić information content (AvgIpc) is 2.45. The number of Topliss-reactive ketones (excluding diaryl/α,β-unsaturated/α-hetero) is 1. The molecule has 0 aliphatic rings. The van der Waals surface area contributed by atoms with Crippen LogP contribution in [0.4, 0.5) is 0 Å². The van der Waals surface area contributed by atoms with Gasteiger partial charge in [0.2, 0.25) is 0 Å². The van der Waals surface area contributed by atoms with Gasteiger partial charge >= 0.3 is 0 Å². The molecule has 0 aliphatic heterocycles. The summed E-state index contributed by atoms with van der Waals surface area (Å²) < 4.78 is 1.47. The molecular formula is C9H8N2O2. The number of aromatic hydroxyl groups is 1. The molecule has 0 saturated heterocycles. The molecule has 2 heterocycles. The van der Waals surface area contributed by atoms with E-state index in [1.807, 2.05) is 0 Å². The predicted molar refractivity (Wildman–Crippen MR) is 46.9 cm³/mol. The van der Waals surface area contributed by atoms with Gasteiger partial charge in [-0.3, -0.25) is 9.20 Å². The Hall–Kier alpha value is -1.84. The van der Waals surface area contributed by atoms with Crippen LogP contribution in [0.1, 0.15) is 17.4 Å². The number of ketones is 1. The number of rotatable bonds is 1. The van der Waals surface area contributed by atoms with Crippen LogP contribution in [0.5, 0.6) is 6.01 Å². The van der Waals surface area contributed by atoms with Crippen LogP contribution in [0.25, 0.3) is 5.52 Å². The van der Waals surface area contributed by atoms with Gasteiger partial charge in [-0.1, -0.05) is 6.07 Å². The molecule has 0 amide bonds. The third-order valence-electron chi connectivity index (χ3n) is 1.86. The van der Waals surface area contributed by atoms with Crippen molar-refractivity contribution in [2.45, 2.75) is 6.92 Å². The van der Waals surface area contributed by atoms with Crippen molar-refractivity contribution in [3.8, 4) is 6.01 Å². The first-order valence-electron chi connectivity index (χ1n) is 3.87. The van der Waals surface area contributed by atoms with Gasteiger partial charge in [-0.2, -0.15) is 4.98 Å². The van der Waals surface area contributed by atoms with Gasteiger partial charge in [0.15, 0.2) is 5.78 Å². The summed E-state index contributed by atoms with van der Waals surface area (Å²) in [6.45, 7) is 1.43. The summed E-state index contributed by atoms with van der Waals surface area (Å²) >= 11 is 0. The molecule has 0 aliphatic carbocycles. The lowest BCUT2D eigenvalue weighted by atomic mass is 10.2. The molecule has 66 valence electrons. The molecule has 0 spiro atoms. The first kappa shape index (κ1) is 7.79. The van der Waals surface area contributed by atoms with Gasteiger partial charge in [0.25, 0.3) is 6.01 Å². The molecule has 2 aromatic rings. The molecule has 1 N–H and O–H groups in total. The van der Waals surface area contributed by atoms with E-state index in [-0.39, 0.29) is 11.8 Å². The smallest absolute Gasteiger partial charge is 0.299 e. The standard InChI is InChI=1S/C9H8N2O2/c1-6(12)8-7-4-2-3-5-11(7)9(13)10-8/h2-5H,1H3,(H,10,13). The van der Waals surface area contributed by atoms with E-state index in [0.29, 0.717) is 11.2 Å². The van der Waals surface area contributed by atoms with Crippen LogP contribution in [0.2, 0.25) is 0 Å². The predicted octanol–water partition coefficient (Wildman–Crippen LogP) is 1.24. The zero-order valence-corrected chi connectivity index (χ0v) is 7.06. The molecule has 0 atom stereocenters. The minimum atomic E-state index is -0.152. The van der Waals surface area contributed by atoms with E-state index in [0.717, 1.165) is 0 Å². The Morgan fingerprint density at radius 2 is 2.31 bits per heavy atom. The second kappa shape index (κ2) is 2.58. The Kier molecular flexibility index (Phi) is 1.55. The van der Waals surface area contributed by atoms with E-state index >= 15 is 0 Å². The number of pyridine rings is 1. The van der Waals surface area contributed by atoms with E-state index < -0.39 is 0 Å². The van der Waals surface area contributed by atoms with E-state index in [2.05, 4.69) is 4.98 Å². The third kappa shape index (κ3) is 1.07. The Bertz CT molecular complexity index is 473. The summed E-state index contributed by atoms with van der Waals surface area (Å²) in [6.07, 6.45) is 1.66. The number of fused-ring (bicyclic) bond motifs is 1. The summed E-state index contributed by atoms with van der Waals surface area (Å²) in [4.78, 5) is 14.8. The molecule has 0 saturated carbocycles. The summed E-state index contributed by atoms with van der Waals surface area (Å²) in [6, 6.07) is 5.14. The van der Waals surface area contributed by atoms with Gasteiger partial charge < -0.3 is 5.11 Å². The normalized spacial score (nSPS) is 10.5. The van der Waals surface area contributed by atoms with Gasteiger partial charge in [0.05, 0.1) is 5.52 Å². The number of nitrogens with zero attached hydrogens (tertiary/aromatic N) is 2. The molecule has 0 bridgehead atoms. The number of aromatic nitrogens is 2. The summed E-state index contributed by atoms with van der Waals surface area (Å²) in [5.74, 6) is -0.149. The van der Waals surface area contributed by atoms with Crippen molar-refractivity contribution in [3.05, 3.63) is 30.1 Å². The maximum absolute atomic E-state index is 11.1. The fourth-order valence-electron chi connectivity index (χ4n) is 1.28. The lowest BCUT2D eigenvalue weighted by Crippen LogP contribution is -1.92. The van der Waals surface area contributed by atoms with Gasteiger partial charge in [0, 0.05) is 13.1 Å². The SMILES string of the molecule is CC(=O)c1nc(O)n2ccccc12. The van der Waals surface area contributed by atoms with E-state index in [1.54, 1.807) is 24.4 Å². The van der Waals surface area contributed by atoms with Gasteiger partial charge in [0.1, 0.15) is 5.69 Å². The van der Waals surface area contributed by atoms with E-state index in [1.165, 1.54) is 11.3 Å². The Labute approximate surface area is 74.5 Å². The summed E-state index contributed by atoms with van der Waals surface area (Å²) in [5.41, 5.74) is 0.936. The third-order valence-corrected chi connectivity index (χ3v) is 1.86. The number of hydrogen-bond acceptors (Lipinski definition) is 3. The minimum absolute atomic E-state index is 0.149. The number of carbonyl (C=O) groups excluding carboxylic acids is 1. The fourth-order valence-corrected chi connectivity index (χ4v) is 1.28. The molecule has 4 heteroatoms. The van der Waals surface area contributed by atoms with Gasteiger partial charge in [-0.25, -0.2) is 0 Å².